The summed E-state index contributed by atoms with van der Waals surface area (Å²) in [7, 11) is 1.77. The Hall–Kier alpha value is -1.81. The number of nitrogens with one attached hydrogen (secondary N) is 2. The first-order valence-electron chi connectivity index (χ1n) is 9.79. The van der Waals surface area contributed by atoms with Gasteiger partial charge in [0.05, 0.1) is 12.6 Å². The zero-order valence-electron chi connectivity index (χ0n) is 15.5. The smallest absolute Gasteiger partial charge is 0.122 e. The molecule has 0 bridgehead atoms. The van der Waals surface area contributed by atoms with E-state index in [0.29, 0.717) is 6.04 Å². The average Bonchev–Trinajstić information content (AvgIpc) is 2.67. The van der Waals surface area contributed by atoms with Crippen LogP contribution in [0.4, 0.5) is 5.69 Å². The maximum Gasteiger partial charge on any atom is 0.122 e. The van der Waals surface area contributed by atoms with Gasteiger partial charge in [-0.05, 0) is 81.3 Å². The molecule has 1 aromatic heterocycles. The second kappa shape index (κ2) is 7.20. The summed E-state index contributed by atoms with van der Waals surface area (Å²) in [5.74, 6) is 0.987. The molecule has 2 aliphatic rings. The van der Waals surface area contributed by atoms with Crippen LogP contribution in [-0.2, 0) is 19.3 Å². The summed E-state index contributed by atoms with van der Waals surface area (Å²) < 4.78 is 5.67. The fourth-order valence-corrected chi connectivity index (χ4v) is 4.30. The van der Waals surface area contributed by atoms with Gasteiger partial charge in [-0.3, -0.25) is 4.98 Å². The highest BCUT2D eigenvalue weighted by molar-refractivity contribution is 5.95. The third-order valence-electron chi connectivity index (χ3n) is 5.73. The van der Waals surface area contributed by atoms with E-state index in [-0.39, 0.29) is 0 Å². The quantitative estimate of drug-likeness (QED) is 0.888. The van der Waals surface area contributed by atoms with Crippen molar-refractivity contribution in [2.24, 2.45) is 0 Å². The Labute approximate surface area is 150 Å². The van der Waals surface area contributed by atoms with Gasteiger partial charge in [-0.25, -0.2) is 0 Å². The third kappa shape index (κ3) is 3.20. The Kier molecular flexibility index (Phi) is 4.80. The number of fused-ring (bicyclic) bond motifs is 2. The number of aromatic nitrogens is 1. The van der Waals surface area contributed by atoms with Crippen LogP contribution in [0.2, 0.25) is 0 Å². The fourth-order valence-electron chi connectivity index (χ4n) is 4.30. The number of hydrogen-bond donors (Lipinski definition) is 2. The first-order valence-corrected chi connectivity index (χ1v) is 9.79. The maximum atomic E-state index is 5.67. The van der Waals surface area contributed by atoms with Crippen molar-refractivity contribution in [1.29, 1.82) is 0 Å². The van der Waals surface area contributed by atoms with Gasteiger partial charge in [0.2, 0.25) is 0 Å². The van der Waals surface area contributed by atoms with E-state index in [1.165, 1.54) is 53.6 Å². The van der Waals surface area contributed by atoms with Crippen LogP contribution in [0, 0.1) is 0 Å². The number of methoxy groups -OCH3 is 1. The van der Waals surface area contributed by atoms with Gasteiger partial charge in [-0.2, -0.15) is 0 Å². The number of aryl methyl sites for hydroxylation is 2. The number of nitrogens with zero attached hydrogens (tertiary/aromatic N) is 1. The van der Waals surface area contributed by atoms with Crippen LogP contribution in [0.1, 0.15) is 49.4 Å². The first-order chi connectivity index (χ1) is 12.3. The number of anilines is 1. The molecule has 1 saturated heterocycles. The molecule has 2 aromatic rings. The predicted molar refractivity (Wildman–Crippen MR) is 104 cm³/mol. The minimum atomic E-state index is 0.551. The molecule has 134 valence electrons. The summed E-state index contributed by atoms with van der Waals surface area (Å²) in [4.78, 5) is 5.05. The van der Waals surface area contributed by atoms with E-state index in [0.717, 1.165) is 43.6 Å². The van der Waals surface area contributed by atoms with Gasteiger partial charge in [-0.15, -0.1) is 0 Å². The second-order valence-corrected chi connectivity index (χ2v) is 7.32. The summed E-state index contributed by atoms with van der Waals surface area (Å²) in [5.41, 5.74) is 6.44. The Morgan fingerprint density at radius 1 is 1.20 bits per heavy atom. The number of hydrogen-bond acceptors (Lipinski definition) is 4. The van der Waals surface area contributed by atoms with Crippen LogP contribution in [0.25, 0.3) is 10.9 Å². The largest absolute Gasteiger partial charge is 0.496 e. The van der Waals surface area contributed by atoms with Crippen molar-refractivity contribution in [2.75, 3.05) is 25.5 Å². The summed E-state index contributed by atoms with van der Waals surface area (Å²) in [6, 6.07) is 4.99. The van der Waals surface area contributed by atoms with Crippen molar-refractivity contribution in [3.63, 3.8) is 0 Å². The molecule has 0 amide bonds. The molecule has 1 aliphatic heterocycles. The molecular weight excluding hydrogens is 310 g/mol. The van der Waals surface area contributed by atoms with Gasteiger partial charge < -0.3 is 15.4 Å². The van der Waals surface area contributed by atoms with Crippen molar-refractivity contribution in [3.05, 3.63) is 29.0 Å². The lowest BCUT2D eigenvalue weighted by Gasteiger charge is -2.29. The van der Waals surface area contributed by atoms with E-state index < -0.39 is 0 Å². The number of benzene rings is 1. The van der Waals surface area contributed by atoms with Gasteiger partial charge in [0.15, 0.2) is 0 Å². The predicted octanol–water partition coefficient (Wildman–Crippen LogP) is 3.85. The van der Waals surface area contributed by atoms with E-state index in [2.05, 4.69) is 29.7 Å². The van der Waals surface area contributed by atoms with E-state index in [1.807, 2.05) is 0 Å². The van der Waals surface area contributed by atoms with Gasteiger partial charge in [0.1, 0.15) is 5.75 Å². The molecule has 1 aromatic carbocycles. The topological polar surface area (TPSA) is 46.2 Å². The zero-order valence-corrected chi connectivity index (χ0v) is 15.5. The molecule has 4 rings (SSSR count). The number of piperidine rings is 1. The van der Waals surface area contributed by atoms with Gasteiger partial charge >= 0.3 is 0 Å². The molecular formula is C21H29N3O. The minimum Gasteiger partial charge on any atom is -0.496 e. The summed E-state index contributed by atoms with van der Waals surface area (Å²) in [6.07, 6.45) is 8.11. The third-order valence-corrected chi connectivity index (χ3v) is 5.73. The molecule has 4 heteroatoms. The van der Waals surface area contributed by atoms with Crippen molar-refractivity contribution in [3.8, 4) is 5.75 Å². The summed E-state index contributed by atoms with van der Waals surface area (Å²) in [6.45, 7) is 4.38. The van der Waals surface area contributed by atoms with Crippen LogP contribution in [0.3, 0.4) is 0 Å². The second-order valence-electron chi connectivity index (χ2n) is 7.32. The first kappa shape index (κ1) is 16.6. The molecule has 0 spiro atoms. The lowest BCUT2D eigenvalue weighted by molar-refractivity contribution is 0.411. The van der Waals surface area contributed by atoms with Crippen molar-refractivity contribution >= 4 is 16.6 Å². The van der Waals surface area contributed by atoms with Gasteiger partial charge in [0.25, 0.3) is 0 Å². The van der Waals surface area contributed by atoms with Gasteiger partial charge in [0, 0.05) is 22.8 Å². The maximum absolute atomic E-state index is 5.67. The van der Waals surface area contributed by atoms with Crippen LogP contribution in [-0.4, -0.2) is 31.2 Å². The molecule has 0 radical (unpaired) electrons. The Bertz CT molecular complexity index is 760. The lowest BCUT2D eigenvalue weighted by Crippen LogP contribution is -2.35. The zero-order chi connectivity index (χ0) is 17.2. The number of ether oxygens (including phenoxy) is 1. The SMILES string of the molecule is CCc1cc2nc3c(c(NC4CCNCC4)c2cc1OC)CCCC3. The standard InChI is InChI=1S/C21H29N3O/c1-3-14-12-19-17(13-20(14)25-2)21(23-15-8-10-22-11-9-15)16-6-4-5-7-18(16)24-19/h12-13,15,22H,3-11H2,1-2H3,(H,23,24). The van der Waals surface area contributed by atoms with E-state index >= 15 is 0 Å². The van der Waals surface area contributed by atoms with Crippen molar-refractivity contribution in [2.45, 2.75) is 57.9 Å². The molecule has 25 heavy (non-hydrogen) atoms. The molecule has 0 atom stereocenters. The van der Waals surface area contributed by atoms with Gasteiger partial charge in [-0.1, -0.05) is 6.92 Å². The molecule has 2 N–H and O–H groups in total. The fraction of sp³-hybridized carbons (Fsp3) is 0.571. The monoisotopic (exact) mass is 339 g/mol. The van der Waals surface area contributed by atoms with Crippen molar-refractivity contribution in [1.82, 2.24) is 10.3 Å². The van der Waals surface area contributed by atoms with Crippen LogP contribution in [0.15, 0.2) is 12.1 Å². The lowest BCUT2D eigenvalue weighted by atomic mass is 9.91. The Morgan fingerprint density at radius 2 is 2.00 bits per heavy atom. The van der Waals surface area contributed by atoms with Crippen LogP contribution >= 0.6 is 0 Å². The van der Waals surface area contributed by atoms with Crippen LogP contribution in [0.5, 0.6) is 5.75 Å². The summed E-state index contributed by atoms with van der Waals surface area (Å²) in [5, 5.41) is 8.60. The normalized spacial score (nSPS) is 18.2. The van der Waals surface area contributed by atoms with E-state index in [9.17, 15) is 0 Å². The molecule has 0 saturated carbocycles. The Morgan fingerprint density at radius 3 is 2.76 bits per heavy atom. The molecule has 1 aliphatic carbocycles. The Balaban J connectivity index is 1.86. The number of pyridine rings is 1. The summed E-state index contributed by atoms with van der Waals surface area (Å²) >= 11 is 0. The van der Waals surface area contributed by atoms with Crippen molar-refractivity contribution < 1.29 is 4.74 Å². The molecule has 4 nitrogen and oxygen atoms in total. The van der Waals surface area contributed by atoms with E-state index in [1.54, 1.807) is 7.11 Å². The number of rotatable bonds is 4. The van der Waals surface area contributed by atoms with Crippen LogP contribution < -0.4 is 15.4 Å². The highest BCUT2D eigenvalue weighted by Gasteiger charge is 2.22. The molecule has 2 heterocycles. The van der Waals surface area contributed by atoms with E-state index in [4.69, 9.17) is 9.72 Å². The molecule has 0 unspecified atom stereocenters. The average molecular weight is 339 g/mol. The highest BCUT2D eigenvalue weighted by atomic mass is 16.5. The highest BCUT2D eigenvalue weighted by Crippen LogP contribution is 2.37. The minimum absolute atomic E-state index is 0.551. The molecule has 1 fully saturated rings.